The zero-order valence-electron chi connectivity index (χ0n) is 15.1. The fourth-order valence-electron chi connectivity index (χ4n) is 2.73. The summed E-state index contributed by atoms with van der Waals surface area (Å²) in [5.41, 5.74) is 1.71. The predicted molar refractivity (Wildman–Crippen MR) is 104 cm³/mol. The van der Waals surface area contributed by atoms with Gasteiger partial charge in [0.1, 0.15) is 5.69 Å². The van der Waals surface area contributed by atoms with Gasteiger partial charge in [-0.1, -0.05) is 24.6 Å². The molecule has 6 nitrogen and oxygen atoms in total. The molecule has 0 unspecified atom stereocenters. The van der Waals surface area contributed by atoms with Crippen molar-refractivity contribution in [2.24, 2.45) is 5.92 Å². The van der Waals surface area contributed by atoms with Crippen molar-refractivity contribution >= 4 is 17.5 Å². The van der Waals surface area contributed by atoms with Crippen LogP contribution in [0.2, 0.25) is 5.02 Å². The molecule has 0 aliphatic carbocycles. The van der Waals surface area contributed by atoms with E-state index in [-0.39, 0.29) is 18.4 Å². The van der Waals surface area contributed by atoms with Crippen molar-refractivity contribution in [1.29, 1.82) is 0 Å². The minimum absolute atomic E-state index is 0.157. The summed E-state index contributed by atoms with van der Waals surface area (Å²) in [5.74, 6) is 0.591. The van der Waals surface area contributed by atoms with E-state index in [4.69, 9.17) is 21.1 Å². The van der Waals surface area contributed by atoms with Gasteiger partial charge in [-0.25, -0.2) is 4.68 Å². The van der Waals surface area contributed by atoms with Gasteiger partial charge in [0.25, 0.3) is 5.91 Å². The first-order valence-corrected chi connectivity index (χ1v) is 9.25. The van der Waals surface area contributed by atoms with Crippen molar-refractivity contribution in [2.75, 3.05) is 13.2 Å². The number of nitrogens with one attached hydrogen (secondary N) is 1. The smallest absolute Gasteiger partial charge is 0.271 e. The van der Waals surface area contributed by atoms with E-state index in [1.165, 1.54) is 0 Å². The summed E-state index contributed by atoms with van der Waals surface area (Å²) in [6.45, 7) is 2.66. The third-order valence-electron chi connectivity index (χ3n) is 4.24. The van der Waals surface area contributed by atoms with Crippen LogP contribution < -0.4 is 5.32 Å². The van der Waals surface area contributed by atoms with Crippen molar-refractivity contribution in [1.82, 2.24) is 15.1 Å². The van der Waals surface area contributed by atoms with Crippen LogP contribution in [0.5, 0.6) is 0 Å². The van der Waals surface area contributed by atoms with Gasteiger partial charge in [-0.05, 0) is 49.1 Å². The maximum Gasteiger partial charge on any atom is 0.271 e. The molecule has 0 spiro atoms. The fourth-order valence-corrected chi connectivity index (χ4v) is 2.92. The van der Waals surface area contributed by atoms with Gasteiger partial charge in [-0.15, -0.1) is 0 Å². The van der Waals surface area contributed by atoms with Gasteiger partial charge in [-0.2, -0.15) is 5.10 Å². The minimum atomic E-state index is -0.250. The number of rotatable bonds is 8. The average Bonchev–Trinajstić information content (AvgIpc) is 3.34. The lowest BCUT2D eigenvalue weighted by Crippen LogP contribution is -2.25. The maximum atomic E-state index is 12.5. The number of nitrogens with zero attached hydrogens (tertiary/aromatic N) is 2. The molecule has 2 aromatic heterocycles. The first kappa shape index (κ1) is 19.2. The van der Waals surface area contributed by atoms with E-state index in [1.807, 2.05) is 25.1 Å². The molecular weight excluding hydrogens is 366 g/mol. The molecule has 0 saturated heterocycles. The Bertz CT molecular complexity index is 890. The summed E-state index contributed by atoms with van der Waals surface area (Å²) in [6.07, 6.45) is 3.23. The van der Waals surface area contributed by atoms with Crippen molar-refractivity contribution in [3.8, 4) is 17.1 Å². The summed E-state index contributed by atoms with van der Waals surface area (Å²) in [6, 6.07) is 12.5. The van der Waals surface area contributed by atoms with Gasteiger partial charge in [0.15, 0.2) is 11.5 Å². The topological polar surface area (TPSA) is 80.3 Å². The van der Waals surface area contributed by atoms with E-state index < -0.39 is 0 Å². The van der Waals surface area contributed by atoms with Gasteiger partial charge in [-0.3, -0.25) is 4.79 Å². The Morgan fingerprint density at radius 1 is 1.33 bits per heavy atom. The zero-order valence-corrected chi connectivity index (χ0v) is 15.8. The van der Waals surface area contributed by atoms with Crippen LogP contribution in [0, 0.1) is 5.92 Å². The van der Waals surface area contributed by atoms with Crippen LogP contribution in [0.15, 0.2) is 53.1 Å². The van der Waals surface area contributed by atoms with Gasteiger partial charge in [0.05, 0.1) is 12.0 Å². The predicted octanol–water partition coefficient (Wildman–Crippen LogP) is 3.92. The van der Waals surface area contributed by atoms with Crippen LogP contribution in [0.1, 0.15) is 30.3 Å². The number of furan rings is 1. The fraction of sp³-hybridized carbons (Fsp3) is 0.300. The van der Waals surface area contributed by atoms with Gasteiger partial charge in [0.2, 0.25) is 0 Å². The highest BCUT2D eigenvalue weighted by Crippen LogP contribution is 2.25. The molecule has 1 amide bonds. The highest BCUT2D eigenvalue weighted by atomic mass is 35.5. The van der Waals surface area contributed by atoms with E-state index in [0.717, 1.165) is 18.5 Å². The quantitative estimate of drug-likeness (QED) is 0.574. The molecule has 1 aromatic carbocycles. The van der Waals surface area contributed by atoms with E-state index in [0.29, 0.717) is 28.7 Å². The summed E-state index contributed by atoms with van der Waals surface area (Å²) in [5, 5.41) is 17.0. The number of hydrogen-bond acceptors (Lipinski definition) is 4. The van der Waals surface area contributed by atoms with Crippen LogP contribution in [-0.4, -0.2) is 33.9 Å². The monoisotopic (exact) mass is 387 g/mol. The second-order valence-electron chi connectivity index (χ2n) is 6.47. The number of carbonyl (C=O) groups is 1. The normalized spacial score (nSPS) is 12.1. The SMILES string of the molecule is C[C@H](CO)CCCNC(=O)c1cc(-c2ccco2)n(-c2cccc(Cl)c2)n1. The number of hydrogen-bond donors (Lipinski definition) is 2. The third-order valence-corrected chi connectivity index (χ3v) is 4.47. The molecule has 0 aliphatic rings. The highest BCUT2D eigenvalue weighted by molar-refractivity contribution is 6.30. The Hall–Kier alpha value is -2.57. The number of benzene rings is 1. The first-order valence-electron chi connectivity index (χ1n) is 8.87. The van der Waals surface area contributed by atoms with E-state index >= 15 is 0 Å². The van der Waals surface area contributed by atoms with E-state index in [2.05, 4.69) is 10.4 Å². The molecule has 2 heterocycles. The summed E-state index contributed by atoms with van der Waals surface area (Å²) >= 11 is 6.10. The Balaban J connectivity index is 1.80. The average molecular weight is 388 g/mol. The van der Waals surface area contributed by atoms with E-state index in [1.54, 1.807) is 35.2 Å². The van der Waals surface area contributed by atoms with Gasteiger partial charge < -0.3 is 14.8 Å². The second kappa shape index (κ2) is 8.88. The van der Waals surface area contributed by atoms with Crippen molar-refractivity contribution in [2.45, 2.75) is 19.8 Å². The molecule has 3 rings (SSSR count). The number of aromatic nitrogens is 2. The number of aliphatic hydroxyl groups excluding tert-OH is 1. The van der Waals surface area contributed by atoms with Crippen molar-refractivity contribution < 1.29 is 14.3 Å². The standard InChI is InChI=1S/C20H22ClN3O3/c1-14(13-25)5-3-9-22-20(26)17-12-18(19-8-4-10-27-19)24(23-17)16-7-2-6-15(21)11-16/h2,4,6-8,10-12,14,25H,3,5,9,13H2,1H3,(H,22,26)/t14-/m0/s1. The third kappa shape index (κ3) is 4.78. The Morgan fingerprint density at radius 3 is 2.89 bits per heavy atom. The molecule has 0 saturated carbocycles. The lowest BCUT2D eigenvalue weighted by molar-refractivity contribution is 0.0946. The molecule has 2 N–H and O–H groups in total. The molecule has 1 atom stereocenters. The van der Waals surface area contributed by atoms with E-state index in [9.17, 15) is 4.79 Å². The number of aliphatic hydroxyl groups is 1. The molecule has 142 valence electrons. The van der Waals surface area contributed by atoms with Crippen molar-refractivity contribution in [3.63, 3.8) is 0 Å². The Morgan fingerprint density at radius 2 is 2.19 bits per heavy atom. The maximum absolute atomic E-state index is 12.5. The largest absolute Gasteiger partial charge is 0.463 e. The number of amides is 1. The first-order chi connectivity index (χ1) is 13.1. The lowest BCUT2D eigenvalue weighted by Gasteiger charge is -2.07. The van der Waals surface area contributed by atoms with Crippen LogP contribution in [0.4, 0.5) is 0 Å². The molecule has 0 bridgehead atoms. The van der Waals surface area contributed by atoms with Crippen LogP contribution in [0.3, 0.4) is 0 Å². The molecule has 0 fully saturated rings. The Kier molecular flexibility index (Phi) is 6.32. The summed E-state index contributed by atoms with van der Waals surface area (Å²) in [4.78, 5) is 12.5. The van der Waals surface area contributed by atoms with Crippen LogP contribution in [0.25, 0.3) is 17.1 Å². The Labute approximate surface area is 162 Å². The second-order valence-corrected chi connectivity index (χ2v) is 6.91. The molecule has 3 aromatic rings. The number of carbonyl (C=O) groups excluding carboxylic acids is 1. The van der Waals surface area contributed by atoms with Crippen LogP contribution >= 0.6 is 11.6 Å². The molecule has 7 heteroatoms. The summed E-state index contributed by atoms with van der Waals surface area (Å²) < 4.78 is 7.14. The molecule has 0 radical (unpaired) electrons. The lowest BCUT2D eigenvalue weighted by atomic mass is 10.1. The van der Waals surface area contributed by atoms with Gasteiger partial charge >= 0.3 is 0 Å². The van der Waals surface area contributed by atoms with Crippen molar-refractivity contribution in [3.05, 3.63) is 59.4 Å². The molecule has 27 heavy (non-hydrogen) atoms. The summed E-state index contributed by atoms with van der Waals surface area (Å²) in [7, 11) is 0. The highest BCUT2D eigenvalue weighted by Gasteiger charge is 2.18. The number of halogens is 1. The van der Waals surface area contributed by atoms with Gasteiger partial charge in [0, 0.05) is 24.2 Å². The molecular formula is C20H22ClN3O3. The minimum Gasteiger partial charge on any atom is -0.463 e. The zero-order chi connectivity index (χ0) is 19.2. The molecule has 0 aliphatic heterocycles. The van der Waals surface area contributed by atoms with Crippen LogP contribution in [-0.2, 0) is 0 Å².